The molecule has 0 aliphatic carbocycles. The molecule has 10 heavy (non-hydrogen) atoms. The van der Waals surface area contributed by atoms with E-state index in [0.717, 1.165) is 0 Å². The van der Waals surface area contributed by atoms with Crippen LogP contribution in [0.25, 0.3) is 0 Å². The molecular weight excluding hydrogens is 211 g/mol. The first-order chi connectivity index (χ1) is 4.70. The van der Waals surface area contributed by atoms with Gasteiger partial charge in [-0.2, -0.15) is 0 Å². The van der Waals surface area contributed by atoms with Crippen molar-refractivity contribution in [3.8, 4) is 0 Å². The van der Waals surface area contributed by atoms with E-state index in [9.17, 15) is 0 Å². The Hall–Kier alpha value is 0.828. The van der Waals surface area contributed by atoms with E-state index >= 15 is 0 Å². The average molecular weight is 226 g/mol. The fraction of sp³-hybridized carbons (Fsp3) is 1.00. The summed E-state index contributed by atoms with van der Waals surface area (Å²) in [6.45, 7) is 2.08. The van der Waals surface area contributed by atoms with E-state index in [2.05, 4.69) is 12.6 Å². The predicted molar refractivity (Wildman–Crippen MR) is 47.6 cm³/mol. The van der Waals surface area contributed by atoms with Gasteiger partial charge in [-0.1, -0.05) is 0 Å². The minimum atomic E-state index is -0.665. The Balaban J connectivity index is 3.17. The molecule has 0 rings (SSSR count). The van der Waals surface area contributed by atoms with Crippen LogP contribution in [0.15, 0.2) is 0 Å². The second-order valence-electron chi connectivity index (χ2n) is 2.08. The quantitative estimate of drug-likeness (QED) is 0.678. The Morgan fingerprint density at radius 3 is 2.60 bits per heavy atom. The van der Waals surface area contributed by atoms with Gasteiger partial charge in [0.2, 0.25) is 0 Å². The molecule has 0 aromatic heterocycles. The van der Waals surface area contributed by atoms with Gasteiger partial charge < -0.3 is 0 Å². The third kappa shape index (κ3) is 5.60. The van der Waals surface area contributed by atoms with Crippen molar-refractivity contribution < 1.29 is 10.2 Å². The Morgan fingerprint density at radius 2 is 2.20 bits per heavy atom. The second-order valence-corrected chi connectivity index (χ2v) is 11.5. The summed E-state index contributed by atoms with van der Waals surface area (Å²) in [5.41, 5.74) is 2.27. The molecule has 0 saturated carbocycles. The third-order valence-corrected chi connectivity index (χ3v) is 9.04. The van der Waals surface area contributed by atoms with Crippen molar-refractivity contribution in [1.82, 2.24) is 0 Å². The van der Waals surface area contributed by atoms with Crippen molar-refractivity contribution >= 4 is 23.5 Å². The van der Waals surface area contributed by atoms with E-state index in [-0.39, 0.29) is 6.61 Å². The number of aliphatic hydroxyl groups is 2. The first kappa shape index (κ1) is 10.8. The summed E-state index contributed by atoms with van der Waals surface area (Å²) in [5.74, 6) is 0.709. The van der Waals surface area contributed by atoms with Gasteiger partial charge in [0.1, 0.15) is 0 Å². The summed E-state index contributed by atoms with van der Waals surface area (Å²) in [7, 11) is 1.84. The van der Waals surface area contributed by atoms with Crippen LogP contribution in [0.2, 0.25) is 10.9 Å². The van der Waals surface area contributed by atoms with Crippen LogP contribution in [-0.2, 0) is 0 Å². The van der Waals surface area contributed by atoms with Crippen LogP contribution in [0.1, 0.15) is 6.92 Å². The van der Waals surface area contributed by atoms with E-state index in [1.807, 2.05) is 10.0 Å². The van der Waals surface area contributed by atoms with Crippen molar-refractivity contribution in [2.24, 2.45) is 0 Å². The summed E-state index contributed by atoms with van der Waals surface area (Å²) in [4.78, 5) is 0. The van der Waals surface area contributed by atoms with Crippen LogP contribution in [-0.4, -0.2) is 42.2 Å². The van der Waals surface area contributed by atoms with E-state index in [0.29, 0.717) is 5.75 Å². The summed E-state index contributed by atoms with van der Waals surface area (Å²) >= 11 is -0.665. The Morgan fingerprint density at radius 1 is 1.60 bits per heavy atom. The molecule has 0 spiro atoms. The fourth-order valence-electron chi connectivity index (χ4n) is 0.357. The fourth-order valence-corrected chi connectivity index (χ4v) is 4.91. The molecule has 62 valence electrons. The van der Waals surface area contributed by atoms with Crippen LogP contribution >= 0.6 is 10.0 Å². The monoisotopic (exact) mass is 226 g/mol. The van der Waals surface area contributed by atoms with Crippen LogP contribution in [0, 0.1) is 0 Å². The topological polar surface area (TPSA) is 40.5 Å². The first-order valence-electron chi connectivity index (χ1n) is 3.33. The first-order valence-corrected chi connectivity index (χ1v) is 9.78. The zero-order valence-electron chi connectivity index (χ0n) is 6.45. The molecule has 2 nitrogen and oxygen atoms in total. The summed E-state index contributed by atoms with van der Waals surface area (Å²) in [6, 6.07) is 0. The molecular formula is C6H15AsO2S. The van der Waals surface area contributed by atoms with E-state index < -0.39 is 19.6 Å². The standard InChI is InChI=1S/C6H15AsO2S/c1-3-7(2)10-5-6(9)4-8/h6,8-9H,3-5H2,1-2H3. The van der Waals surface area contributed by atoms with Crippen molar-refractivity contribution in [1.29, 1.82) is 0 Å². The molecule has 0 heterocycles. The number of hydrogen-bond acceptors (Lipinski definition) is 3. The SMILES string of the molecule is CC[As](C)SCC(O)CO. The van der Waals surface area contributed by atoms with Crippen LogP contribution in [0.3, 0.4) is 0 Å². The van der Waals surface area contributed by atoms with E-state index in [4.69, 9.17) is 10.2 Å². The molecule has 0 bridgehead atoms. The van der Waals surface area contributed by atoms with Gasteiger partial charge in [-0.25, -0.2) is 0 Å². The zero-order chi connectivity index (χ0) is 7.98. The maximum absolute atomic E-state index is 8.95. The van der Waals surface area contributed by atoms with E-state index in [1.165, 1.54) is 5.21 Å². The third-order valence-electron chi connectivity index (χ3n) is 1.14. The summed E-state index contributed by atoms with van der Waals surface area (Å²) < 4.78 is 0. The number of hydrogen-bond donors (Lipinski definition) is 2. The molecule has 2 N–H and O–H groups in total. The number of aliphatic hydroxyl groups excluding tert-OH is 2. The van der Waals surface area contributed by atoms with Gasteiger partial charge >= 0.3 is 70.0 Å². The van der Waals surface area contributed by atoms with Crippen molar-refractivity contribution in [2.45, 2.75) is 23.9 Å². The molecule has 2 atom stereocenters. The second kappa shape index (κ2) is 6.53. The van der Waals surface area contributed by atoms with Gasteiger partial charge in [0.25, 0.3) is 0 Å². The molecule has 0 aliphatic heterocycles. The Kier molecular flexibility index (Phi) is 7.07. The van der Waals surface area contributed by atoms with Gasteiger partial charge in [0.05, 0.1) is 0 Å². The Labute approximate surface area is 70.3 Å². The normalized spacial score (nSPS) is 16.8. The van der Waals surface area contributed by atoms with Gasteiger partial charge in [0, 0.05) is 0 Å². The molecule has 2 unspecified atom stereocenters. The molecule has 4 heteroatoms. The van der Waals surface area contributed by atoms with E-state index in [1.54, 1.807) is 0 Å². The summed E-state index contributed by atoms with van der Waals surface area (Å²) in [5, 5.41) is 18.7. The Bertz CT molecular complexity index is 72.1. The van der Waals surface area contributed by atoms with Gasteiger partial charge in [-0.05, 0) is 0 Å². The van der Waals surface area contributed by atoms with Gasteiger partial charge in [-0.15, -0.1) is 0 Å². The van der Waals surface area contributed by atoms with Crippen molar-refractivity contribution in [3.05, 3.63) is 0 Å². The zero-order valence-corrected chi connectivity index (χ0v) is 9.14. The molecule has 0 aliphatic rings. The molecule has 0 aromatic rings. The summed E-state index contributed by atoms with van der Waals surface area (Å²) in [6.07, 6.45) is -0.506. The van der Waals surface area contributed by atoms with Gasteiger partial charge in [-0.3, -0.25) is 0 Å². The molecule has 0 fully saturated rings. The average Bonchev–Trinajstić information content (AvgIpc) is 1.99. The van der Waals surface area contributed by atoms with Crippen LogP contribution < -0.4 is 0 Å². The van der Waals surface area contributed by atoms with Gasteiger partial charge in [0.15, 0.2) is 0 Å². The molecule has 0 aromatic carbocycles. The predicted octanol–water partition coefficient (Wildman–Crippen LogP) is 0.714. The van der Waals surface area contributed by atoms with Crippen LogP contribution in [0.5, 0.6) is 0 Å². The number of rotatable bonds is 5. The van der Waals surface area contributed by atoms with Crippen LogP contribution in [0.4, 0.5) is 0 Å². The van der Waals surface area contributed by atoms with Crippen molar-refractivity contribution in [3.63, 3.8) is 0 Å². The molecule has 0 saturated heterocycles. The molecule has 0 amide bonds. The minimum absolute atomic E-state index is 0.0983. The van der Waals surface area contributed by atoms with Crippen molar-refractivity contribution in [2.75, 3.05) is 12.4 Å². The maximum atomic E-state index is 8.95. The molecule has 0 radical (unpaired) electrons.